The number of hydrogen-bond acceptors (Lipinski definition) is 4. The minimum absolute atomic E-state index is 0.142. The maximum Gasteiger partial charge on any atom is 0.315 e. The second-order valence-electron chi connectivity index (χ2n) is 5.25. The van der Waals surface area contributed by atoms with Crippen molar-refractivity contribution >= 4 is 17.4 Å². The van der Waals surface area contributed by atoms with Crippen LogP contribution >= 0.6 is 11.3 Å². The molecule has 0 aliphatic heterocycles. The summed E-state index contributed by atoms with van der Waals surface area (Å²) in [6, 6.07) is 6.84. The van der Waals surface area contributed by atoms with Gasteiger partial charge < -0.3 is 20.2 Å². The average Bonchev–Trinajstić information content (AvgIpc) is 3.07. The fraction of sp³-hybridized carbons (Fsp3) is 0.400. The highest BCUT2D eigenvalue weighted by molar-refractivity contribution is 7.10. The summed E-state index contributed by atoms with van der Waals surface area (Å²) in [5, 5.41) is 17.7. The first-order valence-electron chi connectivity index (χ1n) is 6.75. The molecule has 21 heavy (non-hydrogen) atoms. The van der Waals surface area contributed by atoms with Crippen LogP contribution in [0.15, 0.2) is 34.1 Å². The highest BCUT2D eigenvalue weighted by Crippen LogP contribution is 2.24. The Balaban J connectivity index is 1.85. The number of amides is 2. The second kappa shape index (κ2) is 6.32. The Morgan fingerprint density at radius 3 is 2.81 bits per heavy atom. The molecule has 0 spiro atoms. The standard InChI is InChI=1S/C15H20N2O3S/c1-10-6-7-12(20-10)11(2)17-14(18)16-9-15(3,19)13-5-4-8-21-13/h4-8,11,19H,9H2,1-3H3,(H2,16,17,18). The zero-order valence-electron chi connectivity index (χ0n) is 12.3. The van der Waals surface area contributed by atoms with Gasteiger partial charge in [-0.25, -0.2) is 4.79 Å². The highest BCUT2D eigenvalue weighted by atomic mass is 32.1. The van der Waals surface area contributed by atoms with Crippen LogP contribution in [-0.2, 0) is 5.60 Å². The first kappa shape index (κ1) is 15.6. The maximum absolute atomic E-state index is 11.9. The molecule has 0 radical (unpaired) electrons. The summed E-state index contributed by atoms with van der Waals surface area (Å²) in [5.74, 6) is 1.51. The lowest BCUT2D eigenvalue weighted by Crippen LogP contribution is -2.43. The Bertz CT molecular complexity index is 590. The Labute approximate surface area is 128 Å². The molecular formula is C15H20N2O3S. The van der Waals surface area contributed by atoms with Crippen molar-refractivity contribution in [2.24, 2.45) is 0 Å². The second-order valence-corrected chi connectivity index (χ2v) is 6.20. The summed E-state index contributed by atoms with van der Waals surface area (Å²) >= 11 is 1.46. The van der Waals surface area contributed by atoms with E-state index in [4.69, 9.17) is 4.42 Å². The molecule has 2 heterocycles. The lowest BCUT2D eigenvalue weighted by Gasteiger charge is -2.23. The predicted octanol–water partition coefficient (Wildman–Crippen LogP) is 2.92. The van der Waals surface area contributed by atoms with Gasteiger partial charge >= 0.3 is 6.03 Å². The Morgan fingerprint density at radius 2 is 2.24 bits per heavy atom. The van der Waals surface area contributed by atoms with E-state index in [0.717, 1.165) is 10.6 Å². The van der Waals surface area contributed by atoms with Gasteiger partial charge in [-0.2, -0.15) is 0 Å². The minimum Gasteiger partial charge on any atom is -0.464 e. The average molecular weight is 308 g/mol. The highest BCUT2D eigenvalue weighted by Gasteiger charge is 2.25. The molecule has 6 heteroatoms. The molecule has 3 N–H and O–H groups in total. The summed E-state index contributed by atoms with van der Waals surface area (Å²) in [6.07, 6.45) is 0. The van der Waals surface area contributed by atoms with Gasteiger partial charge in [0.05, 0.1) is 12.6 Å². The third kappa shape index (κ3) is 4.09. The van der Waals surface area contributed by atoms with Crippen LogP contribution in [0, 0.1) is 6.92 Å². The van der Waals surface area contributed by atoms with Crippen molar-refractivity contribution in [1.29, 1.82) is 0 Å². The van der Waals surface area contributed by atoms with E-state index in [0.29, 0.717) is 5.76 Å². The van der Waals surface area contributed by atoms with E-state index in [9.17, 15) is 9.90 Å². The number of rotatable bonds is 5. The minimum atomic E-state index is -1.07. The topological polar surface area (TPSA) is 74.5 Å². The molecular weight excluding hydrogens is 288 g/mol. The molecule has 2 aromatic heterocycles. The molecule has 2 aromatic rings. The molecule has 2 unspecified atom stereocenters. The third-order valence-corrected chi connectivity index (χ3v) is 4.30. The van der Waals surface area contributed by atoms with Crippen LogP contribution < -0.4 is 10.6 Å². The van der Waals surface area contributed by atoms with Gasteiger partial charge in [-0.15, -0.1) is 11.3 Å². The van der Waals surface area contributed by atoms with Crippen LogP contribution in [0.1, 0.15) is 36.3 Å². The van der Waals surface area contributed by atoms with Gasteiger partial charge in [0.25, 0.3) is 0 Å². The van der Waals surface area contributed by atoms with Gasteiger partial charge in [-0.3, -0.25) is 0 Å². The van der Waals surface area contributed by atoms with Crippen molar-refractivity contribution in [2.75, 3.05) is 6.54 Å². The fourth-order valence-electron chi connectivity index (χ4n) is 1.93. The van der Waals surface area contributed by atoms with Crippen LogP contribution in [0.25, 0.3) is 0 Å². The predicted molar refractivity (Wildman–Crippen MR) is 82.3 cm³/mol. The number of aliphatic hydroxyl groups is 1. The van der Waals surface area contributed by atoms with Crippen LogP contribution in [0.3, 0.4) is 0 Å². The van der Waals surface area contributed by atoms with Crippen molar-refractivity contribution in [3.8, 4) is 0 Å². The van der Waals surface area contributed by atoms with Crippen LogP contribution in [-0.4, -0.2) is 17.7 Å². The van der Waals surface area contributed by atoms with E-state index in [1.54, 1.807) is 6.92 Å². The number of carbonyl (C=O) groups is 1. The molecule has 2 rings (SSSR count). The summed E-state index contributed by atoms with van der Waals surface area (Å²) < 4.78 is 5.46. The van der Waals surface area contributed by atoms with E-state index in [1.165, 1.54) is 11.3 Å². The first-order valence-corrected chi connectivity index (χ1v) is 7.63. The van der Waals surface area contributed by atoms with Crippen molar-refractivity contribution in [3.63, 3.8) is 0 Å². The van der Waals surface area contributed by atoms with Gasteiger partial charge in [-0.05, 0) is 44.4 Å². The van der Waals surface area contributed by atoms with E-state index in [-0.39, 0.29) is 18.6 Å². The van der Waals surface area contributed by atoms with E-state index in [2.05, 4.69) is 10.6 Å². The lowest BCUT2D eigenvalue weighted by atomic mass is 10.1. The van der Waals surface area contributed by atoms with Crippen molar-refractivity contribution in [1.82, 2.24) is 10.6 Å². The van der Waals surface area contributed by atoms with Crippen LogP contribution in [0.4, 0.5) is 4.79 Å². The van der Waals surface area contributed by atoms with E-state index in [1.807, 2.05) is 43.5 Å². The molecule has 2 atom stereocenters. The van der Waals surface area contributed by atoms with E-state index < -0.39 is 5.60 Å². The van der Waals surface area contributed by atoms with Gasteiger partial charge in [0.15, 0.2) is 0 Å². The molecule has 114 valence electrons. The molecule has 2 amide bonds. The number of urea groups is 1. The molecule has 0 aliphatic rings. The van der Waals surface area contributed by atoms with Crippen LogP contribution in [0.2, 0.25) is 0 Å². The SMILES string of the molecule is Cc1ccc(C(C)NC(=O)NCC(C)(O)c2cccs2)o1. The lowest BCUT2D eigenvalue weighted by molar-refractivity contribution is 0.0630. The molecule has 0 fully saturated rings. The molecule has 5 nitrogen and oxygen atoms in total. The zero-order chi connectivity index (χ0) is 15.5. The molecule has 0 aromatic carbocycles. The summed E-state index contributed by atoms with van der Waals surface area (Å²) in [4.78, 5) is 12.7. The van der Waals surface area contributed by atoms with Gasteiger partial charge in [0.2, 0.25) is 0 Å². The number of hydrogen-bond donors (Lipinski definition) is 3. The van der Waals surface area contributed by atoms with Crippen molar-refractivity contribution < 1.29 is 14.3 Å². The normalized spacial score (nSPS) is 15.2. The van der Waals surface area contributed by atoms with Gasteiger partial charge in [-0.1, -0.05) is 6.07 Å². The number of aryl methyl sites for hydroxylation is 1. The first-order chi connectivity index (χ1) is 9.88. The molecule has 0 saturated heterocycles. The summed E-state index contributed by atoms with van der Waals surface area (Å²) in [6.45, 7) is 5.52. The fourth-order valence-corrected chi connectivity index (χ4v) is 2.72. The number of furan rings is 1. The number of thiophene rings is 1. The largest absolute Gasteiger partial charge is 0.464 e. The molecule has 0 bridgehead atoms. The Hall–Kier alpha value is -1.79. The van der Waals surface area contributed by atoms with E-state index >= 15 is 0 Å². The number of carbonyl (C=O) groups excluding carboxylic acids is 1. The van der Waals surface area contributed by atoms with Gasteiger partial charge in [0, 0.05) is 4.88 Å². The Kier molecular flexibility index (Phi) is 4.69. The third-order valence-electron chi connectivity index (χ3n) is 3.18. The van der Waals surface area contributed by atoms with Crippen molar-refractivity contribution in [2.45, 2.75) is 32.4 Å². The number of nitrogens with one attached hydrogen (secondary N) is 2. The maximum atomic E-state index is 11.9. The molecule has 0 saturated carbocycles. The Morgan fingerprint density at radius 1 is 1.48 bits per heavy atom. The molecule has 0 aliphatic carbocycles. The van der Waals surface area contributed by atoms with Crippen LogP contribution in [0.5, 0.6) is 0 Å². The van der Waals surface area contributed by atoms with Crippen molar-refractivity contribution in [3.05, 3.63) is 46.0 Å². The monoisotopic (exact) mass is 308 g/mol. The zero-order valence-corrected chi connectivity index (χ0v) is 13.2. The smallest absolute Gasteiger partial charge is 0.315 e. The quantitative estimate of drug-likeness (QED) is 0.795. The summed E-state index contributed by atoms with van der Waals surface area (Å²) in [5.41, 5.74) is -1.07. The summed E-state index contributed by atoms with van der Waals surface area (Å²) in [7, 11) is 0. The van der Waals surface area contributed by atoms with Gasteiger partial charge in [0.1, 0.15) is 17.1 Å².